The standard InChI is InChI=1S/C17H18N4O2/c1-3-23-16-11-14(9-10-15(16)22-2)17-18-20-21(19-17)12-13-7-5-4-6-8-13/h4-11H,3,12H2,1-2H3. The number of aromatic nitrogens is 4. The number of hydrogen-bond acceptors (Lipinski definition) is 5. The molecule has 0 fully saturated rings. The van der Waals surface area contributed by atoms with E-state index in [0.717, 1.165) is 11.1 Å². The van der Waals surface area contributed by atoms with Gasteiger partial charge in [-0.1, -0.05) is 30.3 Å². The summed E-state index contributed by atoms with van der Waals surface area (Å²) in [5, 5.41) is 12.7. The first-order valence-corrected chi connectivity index (χ1v) is 7.43. The van der Waals surface area contributed by atoms with Gasteiger partial charge in [0.25, 0.3) is 0 Å². The SMILES string of the molecule is CCOc1cc(-c2nnn(Cc3ccccc3)n2)ccc1OC. The van der Waals surface area contributed by atoms with Crippen LogP contribution in [0, 0.1) is 0 Å². The fraction of sp³-hybridized carbons (Fsp3) is 0.235. The van der Waals surface area contributed by atoms with Crippen molar-refractivity contribution < 1.29 is 9.47 Å². The Morgan fingerprint density at radius 1 is 1.04 bits per heavy atom. The van der Waals surface area contributed by atoms with Gasteiger partial charge in [-0.25, -0.2) is 0 Å². The fourth-order valence-electron chi connectivity index (χ4n) is 2.26. The molecule has 23 heavy (non-hydrogen) atoms. The Morgan fingerprint density at radius 2 is 1.87 bits per heavy atom. The Labute approximate surface area is 134 Å². The third-order valence-corrected chi connectivity index (χ3v) is 3.34. The number of rotatable bonds is 6. The van der Waals surface area contributed by atoms with E-state index in [9.17, 15) is 0 Å². The predicted octanol–water partition coefficient (Wildman–Crippen LogP) is 2.80. The molecule has 0 unspecified atom stereocenters. The summed E-state index contributed by atoms with van der Waals surface area (Å²) >= 11 is 0. The Bertz CT molecular complexity index is 771. The Kier molecular flexibility index (Phi) is 4.52. The number of ether oxygens (including phenoxy) is 2. The summed E-state index contributed by atoms with van der Waals surface area (Å²) in [5.41, 5.74) is 1.97. The zero-order chi connectivity index (χ0) is 16.1. The van der Waals surface area contributed by atoms with Crippen molar-refractivity contribution in [1.29, 1.82) is 0 Å². The number of hydrogen-bond donors (Lipinski definition) is 0. The molecule has 0 aliphatic rings. The molecule has 1 heterocycles. The first kappa shape index (κ1) is 15.0. The molecule has 2 aromatic carbocycles. The van der Waals surface area contributed by atoms with Gasteiger partial charge in [0.1, 0.15) is 0 Å². The van der Waals surface area contributed by atoms with E-state index in [1.807, 2.05) is 55.5 Å². The average molecular weight is 310 g/mol. The van der Waals surface area contributed by atoms with E-state index in [2.05, 4.69) is 15.4 Å². The molecule has 0 atom stereocenters. The molecule has 3 aromatic rings. The molecule has 0 amide bonds. The lowest BCUT2D eigenvalue weighted by Gasteiger charge is -2.09. The van der Waals surface area contributed by atoms with Crippen LogP contribution in [0.5, 0.6) is 11.5 Å². The number of tetrazole rings is 1. The molecule has 0 aliphatic heterocycles. The van der Waals surface area contributed by atoms with Crippen LogP contribution >= 0.6 is 0 Å². The van der Waals surface area contributed by atoms with Crippen LogP contribution in [-0.2, 0) is 6.54 Å². The van der Waals surface area contributed by atoms with Crippen LogP contribution < -0.4 is 9.47 Å². The summed E-state index contributed by atoms with van der Waals surface area (Å²) in [7, 11) is 1.62. The fourth-order valence-corrected chi connectivity index (χ4v) is 2.26. The summed E-state index contributed by atoms with van der Waals surface area (Å²) in [6, 6.07) is 15.6. The minimum atomic E-state index is 0.560. The van der Waals surface area contributed by atoms with Gasteiger partial charge in [0.15, 0.2) is 11.5 Å². The third-order valence-electron chi connectivity index (χ3n) is 3.34. The molecular formula is C17H18N4O2. The number of nitrogens with zero attached hydrogens (tertiary/aromatic N) is 4. The van der Waals surface area contributed by atoms with Crippen LogP contribution in [0.15, 0.2) is 48.5 Å². The van der Waals surface area contributed by atoms with E-state index in [1.54, 1.807) is 11.9 Å². The van der Waals surface area contributed by atoms with E-state index in [0.29, 0.717) is 30.5 Å². The molecule has 0 aliphatic carbocycles. The first-order valence-electron chi connectivity index (χ1n) is 7.43. The molecule has 6 nitrogen and oxygen atoms in total. The molecule has 0 bridgehead atoms. The van der Waals surface area contributed by atoms with Crippen LogP contribution in [0.25, 0.3) is 11.4 Å². The van der Waals surface area contributed by atoms with Gasteiger partial charge in [0.05, 0.1) is 20.3 Å². The van der Waals surface area contributed by atoms with Crippen LogP contribution in [0.3, 0.4) is 0 Å². The smallest absolute Gasteiger partial charge is 0.205 e. The lowest BCUT2D eigenvalue weighted by Crippen LogP contribution is -2.03. The normalized spacial score (nSPS) is 10.5. The Hall–Kier alpha value is -2.89. The Balaban J connectivity index is 1.84. The zero-order valence-corrected chi connectivity index (χ0v) is 13.1. The second kappa shape index (κ2) is 6.91. The third kappa shape index (κ3) is 3.48. The highest BCUT2D eigenvalue weighted by Gasteiger charge is 2.11. The molecule has 0 N–H and O–H groups in total. The van der Waals surface area contributed by atoms with Crippen molar-refractivity contribution in [2.24, 2.45) is 0 Å². The van der Waals surface area contributed by atoms with Crippen LogP contribution in [-0.4, -0.2) is 33.9 Å². The van der Waals surface area contributed by atoms with Crippen molar-refractivity contribution in [2.75, 3.05) is 13.7 Å². The molecule has 3 rings (SSSR count). The monoisotopic (exact) mass is 310 g/mol. The van der Waals surface area contributed by atoms with Gasteiger partial charge in [-0.3, -0.25) is 0 Å². The van der Waals surface area contributed by atoms with Crippen molar-refractivity contribution in [2.45, 2.75) is 13.5 Å². The van der Waals surface area contributed by atoms with Crippen LogP contribution in [0.1, 0.15) is 12.5 Å². The van der Waals surface area contributed by atoms with Gasteiger partial charge >= 0.3 is 0 Å². The largest absolute Gasteiger partial charge is 0.493 e. The molecule has 6 heteroatoms. The van der Waals surface area contributed by atoms with E-state index in [-0.39, 0.29) is 0 Å². The predicted molar refractivity (Wildman–Crippen MR) is 86.5 cm³/mol. The lowest BCUT2D eigenvalue weighted by molar-refractivity contribution is 0.311. The van der Waals surface area contributed by atoms with E-state index >= 15 is 0 Å². The van der Waals surface area contributed by atoms with Gasteiger partial charge in [-0.2, -0.15) is 4.80 Å². The second-order valence-electron chi connectivity index (χ2n) is 4.93. The maximum Gasteiger partial charge on any atom is 0.205 e. The summed E-state index contributed by atoms with van der Waals surface area (Å²) in [5.74, 6) is 1.92. The highest BCUT2D eigenvalue weighted by Crippen LogP contribution is 2.31. The van der Waals surface area contributed by atoms with E-state index in [4.69, 9.17) is 9.47 Å². The highest BCUT2D eigenvalue weighted by molar-refractivity contribution is 5.60. The molecule has 118 valence electrons. The maximum absolute atomic E-state index is 5.58. The summed E-state index contributed by atoms with van der Waals surface area (Å²) in [6.07, 6.45) is 0. The van der Waals surface area contributed by atoms with Gasteiger partial charge in [0.2, 0.25) is 5.82 Å². The van der Waals surface area contributed by atoms with Crippen molar-refractivity contribution in [3.63, 3.8) is 0 Å². The molecule has 0 saturated carbocycles. The Morgan fingerprint density at radius 3 is 2.61 bits per heavy atom. The minimum absolute atomic E-state index is 0.560. The molecule has 0 saturated heterocycles. The van der Waals surface area contributed by atoms with E-state index < -0.39 is 0 Å². The zero-order valence-electron chi connectivity index (χ0n) is 13.1. The van der Waals surface area contributed by atoms with Crippen molar-refractivity contribution in [1.82, 2.24) is 20.2 Å². The molecule has 0 radical (unpaired) electrons. The van der Waals surface area contributed by atoms with Gasteiger partial charge in [0, 0.05) is 5.56 Å². The molecule has 1 aromatic heterocycles. The molecular weight excluding hydrogens is 292 g/mol. The first-order chi connectivity index (χ1) is 11.3. The minimum Gasteiger partial charge on any atom is -0.493 e. The quantitative estimate of drug-likeness (QED) is 0.700. The number of methoxy groups -OCH3 is 1. The van der Waals surface area contributed by atoms with E-state index in [1.165, 1.54) is 0 Å². The van der Waals surface area contributed by atoms with Crippen molar-refractivity contribution in [3.8, 4) is 22.9 Å². The summed E-state index contributed by atoms with van der Waals surface area (Å²) in [4.78, 5) is 1.58. The molecule has 0 spiro atoms. The van der Waals surface area contributed by atoms with Crippen molar-refractivity contribution in [3.05, 3.63) is 54.1 Å². The lowest BCUT2D eigenvalue weighted by atomic mass is 10.2. The highest BCUT2D eigenvalue weighted by atomic mass is 16.5. The topological polar surface area (TPSA) is 62.1 Å². The average Bonchev–Trinajstić information content (AvgIpc) is 3.04. The van der Waals surface area contributed by atoms with Crippen molar-refractivity contribution >= 4 is 0 Å². The van der Waals surface area contributed by atoms with Crippen LogP contribution in [0.2, 0.25) is 0 Å². The van der Waals surface area contributed by atoms with Crippen LogP contribution in [0.4, 0.5) is 0 Å². The second-order valence-corrected chi connectivity index (χ2v) is 4.93. The summed E-state index contributed by atoms with van der Waals surface area (Å²) < 4.78 is 10.9. The van der Waals surface area contributed by atoms with Gasteiger partial charge < -0.3 is 9.47 Å². The van der Waals surface area contributed by atoms with Gasteiger partial charge in [-0.15, -0.1) is 10.2 Å². The van der Waals surface area contributed by atoms with Gasteiger partial charge in [-0.05, 0) is 35.9 Å². The summed E-state index contributed by atoms with van der Waals surface area (Å²) in [6.45, 7) is 3.08. The number of benzene rings is 2. The maximum atomic E-state index is 5.58.